The number of rotatable bonds is 0. The fourth-order valence-corrected chi connectivity index (χ4v) is 0.871. The van der Waals surface area contributed by atoms with Crippen LogP contribution in [0.2, 0.25) is 0 Å². The van der Waals surface area contributed by atoms with E-state index in [1.807, 2.05) is 0 Å². The van der Waals surface area contributed by atoms with Gasteiger partial charge in [-0.25, -0.2) is 0 Å². The van der Waals surface area contributed by atoms with Crippen LogP contribution in [0.3, 0.4) is 0 Å². The first-order valence-corrected chi connectivity index (χ1v) is 3.22. The van der Waals surface area contributed by atoms with Crippen molar-refractivity contribution in [3.63, 3.8) is 0 Å². The van der Waals surface area contributed by atoms with Crippen molar-refractivity contribution in [2.24, 2.45) is 0 Å². The summed E-state index contributed by atoms with van der Waals surface area (Å²) < 4.78 is 5.29. The highest BCUT2D eigenvalue weighted by atomic mass is 16.5. The molecule has 0 amide bonds. The van der Waals surface area contributed by atoms with Crippen LogP contribution in [0.25, 0.3) is 0 Å². The average molecular weight is 115 g/mol. The molecule has 0 saturated carbocycles. The van der Waals surface area contributed by atoms with Gasteiger partial charge in [0.1, 0.15) is 0 Å². The van der Waals surface area contributed by atoms with Crippen molar-refractivity contribution >= 4 is 0 Å². The SMILES string of the molecule is CC1CCCNCO1. The largest absolute Gasteiger partial charge is 0.363 e. The summed E-state index contributed by atoms with van der Waals surface area (Å²) >= 11 is 0. The Kier molecular flexibility index (Phi) is 2.30. The Morgan fingerprint density at radius 1 is 1.62 bits per heavy atom. The van der Waals surface area contributed by atoms with Crippen molar-refractivity contribution < 1.29 is 4.74 Å². The predicted molar refractivity (Wildman–Crippen MR) is 32.7 cm³/mol. The Morgan fingerprint density at radius 3 is 3.38 bits per heavy atom. The van der Waals surface area contributed by atoms with Crippen LogP contribution in [0.5, 0.6) is 0 Å². The minimum Gasteiger partial charge on any atom is -0.363 e. The van der Waals surface area contributed by atoms with Crippen LogP contribution in [0.4, 0.5) is 0 Å². The average Bonchev–Trinajstić information content (AvgIpc) is 1.94. The van der Waals surface area contributed by atoms with E-state index in [1.165, 1.54) is 12.8 Å². The molecule has 8 heavy (non-hydrogen) atoms. The fraction of sp³-hybridized carbons (Fsp3) is 1.00. The summed E-state index contributed by atoms with van der Waals surface area (Å²) in [5.74, 6) is 0. The summed E-state index contributed by atoms with van der Waals surface area (Å²) in [7, 11) is 0. The van der Waals surface area contributed by atoms with Gasteiger partial charge in [0.25, 0.3) is 0 Å². The summed E-state index contributed by atoms with van der Waals surface area (Å²) in [5, 5.41) is 3.16. The van der Waals surface area contributed by atoms with Crippen LogP contribution >= 0.6 is 0 Å². The number of nitrogens with one attached hydrogen (secondary N) is 1. The molecule has 1 unspecified atom stereocenters. The predicted octanol–water partition coefficient (Wildman–Crippen LogP) is 0.732. The molecule has 1 saturated heterocycles. The molecule has 2 nitrogen and oxygen atoms in total. The van der Waals surface area contributed by atoms with Gasteiger partial charge in [-0.1, -0.05) is 0 Å². The molecule has 1 aliphatic heterocycles. The van der Waals surface area contributed by atoms with Gasteiger partial charge < -0.3 is 4.74 Å². The molecule has 1 heterocycles. The Bertz CT molecular complexity index is 57.5. The van der Waals surface area contributed by atoms with Crippen molar-refractivity contribution in [3.05, 3.63) is 0 Å². The maximum Gasteiger partial charge on any atom is 0.0968 e. The lowest BCUT2D eigenvalue weighted by atomic mass is 10.2. The number of hydrogen-bond donors (Lipinski definition) is 1. The first-order valence-electron chi connectivity index (χ1n) is 3.22. The maximum atomic E-state index is 5.29. The quantitative estimate of drug-likeness (QED) is 0.502. The Hall–Kier alpha value is -0.0800. The van der Waals surface area contributed by atoms with Crippen LogP contribution in [0.15, 0.2) is 0 Å². The summed E-state index contributed by atoms with van der Waals surface area (Å²) in [6.45, 7) is 3.97. The van der Waals surface area contributed by atoms with E-state index in [0.717, 1.165) is 13.3 Å². The zero-order chi connectivity index (χ0) is 5.82. The van der Waals surface area contributed by atoms with E-state index in [2.05, 4.69) is 12.2 Å². The van der Waals surface area contributed by atoms with Gasteiger partial charge in [0.15, 0.2) is 0 Å². The van der Waals surface area contributed by atoms with E-state index >= 15 is 0 Å². The maximum absolute atomic E-state index is 5.29. The van der Waals surface area contributed by atoms with Gasteiger partial charge in [-0.2, -0.15) is 0 Å². The second-order valence-electron chi connectivity index (χ2n) is 2.26. The highest BCUT2D eigenvalue weighted by molar-refractivity contribution is 4.55. The first-order chi connectivity index (χ1) is 3.89. The molecule has 1 rings (SSSR count). The van der Waals surface area contributed by atoms with Gasteiger partial charge in [0, 0.05) is 0 Å². The second kappa shape index (κ2) is 3.05. The van der Waals surface area contributed by atoms with E-state index in [0.29, 0.717) is 6.10 Å². The van der Waals surface area contributed by atoms with Gasteiger partial charge >= 0.3 is 0 Å². The Labute approximate surface area is 50.2 Å². The van der Waals surface area contributed by atoms with Crippen molar-refractivity contribution in [1.82, 2.24) is 5.32 Å². The Morgan fingerprint density at radius 2 is 2.50 bits per heavy atom. The van der Waals surface area contributed by atoms with Crippen molar-refractivity contribution in [3.8, 4) is 0 Å². The summed E-state index contributed by atoms with van der Waals surface area (Å²) in [6, 6.07) is 0. The molecule has 0 aliphatic carbocycles. The zero-order valence-electron chi connectivity index (χ0n) is 5.31. The normalized spacial score (nSPS) is 31.9. The standard InChI is InChI=1S/C6H13NO/c1-6-3-2-4-7-5-8-6/h6-7H,2-5H2,1H3. The molecule has 0 aromatic carbocycles. The molecule has 0 spiro atoms. The number of hydrogen-bond acceptors (Lipinski definition) is 2. The Balaban J connectivity index is 2.17. The van der Waals surface area contributed by atoms with E-state index in [9.17, 15) is 0 Å². The van der Waals surface area contributed by atoms with Crippen LogP contribution in [0, 0.1) is 0 Å². The van der Waals surface area contributed by atoms with Crippen molar-refractivity contribution in [2.45, 2.75) is 25.9 Å². The molecule has 1 atom stereocenters. The summed E-state index contributed by atoms with van der Waals surface area (Å²) in [5.41, 5.74) is 0. The fourth-order valence-electron chi connectivity index (χ4n) is 0.871. The molecular weight excluding hydrogens is 102 g/mol. The molecule has 0 radical (unpaired) electrons. The molecule has 0 aromatic heterocycles. The van der Waals surface area contributed by atoms with Gasteiger partial charge in [-0.3, -0.25) is 5.32 Å². The molecule has 0 bridgehead atoms. The lowest BCUT2D eigenvalue weighted by Crippen LogP contribution is -2.16. The topological polar surface area (TPSA) is 21.3 Å². The number of ether oxygens (including phenoxy) is 1. The minimum absolute atomic E-state index is 0.463. The third-order valence-electron chi connectivity index (χ3n) is 1.43. The highest BCUT2D eigenvalue weighted by Gasteiger charge is 2.04. The molecule has 2 heteroatoms. The smallest absolute Gasteiger partial charge is 0.0968 e. The molecule has 1 fully saturated rings. The van der Waals surface area contributed by atoms with E-state index in [1.54, 1.807) is 0 Å². The zero-order valence-corrected chi connectivity index (χ0v) is 5.31. The molecule has 1 aliphatic rings. The lowest BCUT2D eigenvalue weighted by Gasteiger charge is -2.05. The molecular formula is C6H13NO. The van der Waals surface area contributed by atoms with Gasteiger partial charge in [-0.05, 0) is 26.3 Å². The van der Waals surface area contributed by atoms with Gasteiger partial charge in [0.2, 0.25) is 0 Å². The van der Waals surface area contributed by atoms with E-state index in [4.69, 9.17) is 4.74 Å². The molecule has 48 valence electrons. The third-order valence-corrected chi connectivity index (χ3v) is 1.43. The second-order valence-corrected chi connectivity index (χ2v) is 2.26. The van der Waals surface area contributed by atoms with Crippen molar-refractivity contribution in [1.29, 1.82) is 0 Å². The monoisotopic (exact) mass is 115 g/mol. The van der Waals surface area contributed by atoms with E-state index < -0.39 is 0 Å². The minimum atomic E-state index is 0.463. The van der Waals surface area contributed by atoms with Crippen LogP contribution in [0.1, 0.15) is 19.8 Å². The summed E-state index contributed by atoms with van der Waals surface area (Å²) in [6.07, 6.45) is 2.92. The van der Waals surface area contributed by atoms with Crippen LogP contribution < -0.4 is 5.32 Å². The lowest BCUT2D eigenvalue weighted by molar-refractivity contribution is 0.0628. The van der Waals surface area contributed by atoms with Gasteiger partial charge in [0.05, 0.1) is 12.8 Å². The molecule has 1 N–H and O–H groups in total. The summed E-state index contributed by atoms with van der Waals surface area (Å²) in [4.78, 5) is 0. The highest BCUT2D eigenvalue weighted by Crippen LogP contribution is 2.02. The molecule has 0 aromatic rings. The first kappa shape index (κ1) is 6.05. The van der Waals surface area contributed by atoms with E-state index in [-0.39, 0.29) is 0 Å². The van der Waals surface area contributed by atoms with Crippen molar-refractivity contribution in [2.75, 3.05) is 13.3 Å². The third kappa shape index (κ3) is 1.80. The van der Waals surface area contributed by atoms with Crippen LogP contribution in [-0.4, -0.2) is 19.4 Å². The van der Waals surface area contributed by atoms with Gasteiger partial charge in [-0.15, -0.1) is 0 Å². The van der Waals surface area contributed by atoms with Crippen LogP contribution in [-0.2, 0) is 4.74 Å².